The van der Waals surface area contributed by atoms with Crippen molar-refractivity contribution in [3.63, 3.8) is 0 Å². The Labute approximate surface area is 199 Å². The van der Waals surface area contributed by atoms with E-state index in [4.69, 9.17) is 14.9 Å². The Morgan fingerprint density at radius 1 is 1.15 bits per heavy atom. The highest BCUT2D eigenvalue weighted by Gasteiger charge is 2.15. The average molecular weight is 465 g/mol. The first-order valence-electron chi connectivity index (χ1n) is 11.1. The Kier molecular flexibility index (Phi) is 8.26. The molecule has 0 spiro atoms. The zero-order chi connectivity index (χ0) is 24.7. The summed E-state index contributed by atoms with van der Waals surface area (Å²) in [7, 11) is 4.95. The van der Waals surface area contributed by atoms with Gasteiger partial charge in [0.05, 0.1) is 30.8 Å². The number of benzene rings is 2. The summed E-state index contributed by atoms with van der Waals surface area (Å²) in [6.07, 6.45) is 4.13. The van der Waals surface area contributed by atoms with Crippen LogP contribution in [-0.4, -0.2) is 56.2 Å². The topological polar surface area (TPSA) is 104 Å². The number of hydrogen-bond acceptors (Lipinski definition) is 8. The first-order valence-corrected chi connectivity index (χ1v) is 11.1. The highest BCUT2D eigenvalue weighted by atomic mass is 16.5. The molecule has 0 aliphatic carbocycles. The number of allylic oxidation sites excluding steroid dienone is 1. The standard InChI is InChI=1S/C25H32N6O3/c1-17(2)28-8-9-30(19-10-21(33-4)13-22(11-19)34-5)18-6-7-24-23(12-18)25(32)31(16-29-24)20(14-26)15-27-3/h6-7,10-17,26-28H,8-9H2,1-5H3/b20-15+,26-14?. The van der Waals surface area contributed by atoms with Gasteiger partial charge >= 0.3 is 0 Å². The predicted octanol–water partition coefficient (Wildman–Crippen LogP) is 3.22. The van der Waals surface area contributed by atoms with Crippen LogP contribution < -0.4 is 30.6 Å². The normalized spacial score (nSPS) is 11.5. The fourth-order valence-corrected chi connectivity index (χ4v) is 3.61. The van der Waals surface area contributed by atoms with Crippen molar-refractivity contribution < 1.29 is 9.47 Å². The van der Waals surface area contributed by atoms with E-state index in [9.17, 15) is 4.79 Å². The summed E-state index contributed by atoms with van der Waals surface area (Å²) in [6.45, 7) is 5.58. The first kappa shape index (κ1) is 24.8. The molecule has 3 aromatic rings. The third kappa shape index (κ3) is 5.55. The fraction of sp³-hybridized carbons (Fsp3) is 0.320. The predicted molar refractivity (Wildman–Crippen MR) is 138 cm³/mol. The van der Waals surface area contributed by atoms with E-state index < -0.39 is 0 Å². The second kappa shape index (κ2) is 11.3. The van der Waals surface area contributed by atoms with E-state index in [0.29, 0.717) is 40.7 Å². The average Bonchev–Trinajstić information content (AvgIpc) is 2.85. The highest BCUT2D eigenvalue weighted by Crippen LogP contribution is 2.33. The van der Waals surface area contributed by atoms with Gasteiger partial charge in [0.2, 0.25) is 0 Å². The van der Waals surface area contributed by atoms with Crippen LogP contribution in [0.5, 0.6) is 11.5 Å². The molecule has 2 aromatic carbocycles. The lowest BCUT2D eigenvalue weighted by atomic mass is 10.1. The van der Waals surface area contributed by atoms with Crippen molar-refractivity contribution in [3.05, 3.63) is 59.3 Å². The molecular weight excluding hydrogens is 432 g/mol. The molecule has 34 heavy (non-hydrogen) atoms. The van der Waals surface area contributed by atoms with Gasteiger partial charge < -0.3 is 30.4 Å². The van der Waals surface area contributed by atoms with Crippen molar-refractivity contribution >= 4 is 34.2 Å². The van der Waals surface area contributed by atoms with Gasteiger partial charge in [-0.2, -0.15) is 0 Å². The lowest BCUT2D eigenvalue weighted by Crippen LogP contribution is -2.32. The molecule has 0 aliphatic heterocycles. The molecule has 0 saturated heterocycles. The second-order valence-corrected chi connectivity index (χ2v) is 7.95. The van der Waals surface area contributed by atoms with E-state index in [1.54, 1.807) is 27.5 Å². The molecule has 9 nitrogen and oxygen atoms in total. The number of rotatable bonds is 11. The zero-order valence-corrected chi connectivity index (χ0v) is 20.3. The van der Waals surface area contributed by atoms with Crippen molar-refractivity contribution in [1.29, 1.82) is 5.41 Å². The SMILES string of the molecule is CN/C=C(\C=N)n1cnc2ccc(N(CCNC(C)C)c3cc(OC)cc(OC)c3)cc2c1=O. The zero-order valence-electron chi connectivity index (χ0n) is 20.3. The minimum atomic E-state index is -0.250. The lowest BCUT2D eigenvalue weighted by Gasteiger charge is -2.27. The number of ether oxygens (including phenoxy) is 2. The van der Waals surface area contributed by atoms with Crippen LogP contribution in [0.3, 0.4) is 0 Å². The summed E-state index contributed by atoms with van der Waals surface area (Å²) in [5.74, 6) is 1.35. The maximum atomic E-state index is 13.3. The summed E-state index contributed by atoms with van der Waals surface area (Å²) in [5.41, 5.74) is 2.44. The van der Waals surface area contributed by atoms with Crippen molar-refractivity contribution in [2.45, 2.75) is 19.9 Å². The molecule has 0 fully saturated rings. The van der Waals surface area contributed by atoms with Gasteiger partial charge in [0.15, 0.2) is 0 Å². The van der Waals surface area contributed by atoms with Gasteiger partial charge in [-0.3, -0.25) is 9.36 Å². The molecule has 0 amide bonds. The summed E-state index contributed by atoms with van der Waals surface area (Å²) >= 11 is 0. The maximum Gasteiger partial charge on any atom is 0.265 e. The van der Waals surface area contributed by atoms with Crippen LogP contribution >= 0.6 is 0 Å². The molecule has 0 aliphatic rings. The largest absolute Gasteiger partial charge is 0.497 e. The number of aromatic nitrogens is 2. The van der Waals surface area contributed by atoms with Gasteiger partial charge in [-0.1, -0.05) is 13.8 Å². The van der Waals surface area contributed by atoms with Crippen LogP contribution in [0.4, 0.5) is 11.4 Å². The van der Waals surface area contributed by atoms with Crippen LogP contribution in [0.15, 0.2) is 53.7 Å². The second-order valence-electron chi connectivity index (χ2n) is 7.95. The number of methoxy groups -OCH3 is 2. The van der Waals surface area contributed by atoms with E-state index in [1.165, 1.54) is 10.9 Å². The molecular formula is C25H32N6O3. The summed E-state index contributed by atoms with van der Waals surface area (Å²) in [6, 6.07) is 11.7. The van der Waals surface area contributed by atoms with Gasteiger partial charge in [-0.15, -0.1) is 0 Å². The molecule has 9 heteroatoms. The fourth-order valence-electron chi connectivity index (χ4n) is 3.61. The van der Waals surface area contributed by atoms with Gasteiger partial charge in [-0.05, 0) is 18.2 Å². The summed E-state index contributed by atoms with van der Waals surface area (Å²) < 4.78 is 12.3. The highest BCUT2D eigenvalue weighted by molar-refractivity contribution is 6.00. The summed E-state index contributed by atoms with van der Waals surface area (Å²) in [5, 5.41) is 14.4. The van der Waals surface area contributed by atoms with Gasteiger partial charge in [0, 0.05) is 68.2 Å². The Morgan fingerprint density at radius 3 is 2.44 bits per heavy atom. The quantitative estimate of drug-likeness (QED) is 0.374. The van der Waals surface area contributed by atoms with Crippen LogP contribution in [0.2, 0.25) is 0 Å². The van der Waals surface area contributed by atoms with Crippen molar-refractivity contribution in [3.8, 4) is 11.5 Å². The van der Waals surface area contributed by atoms with Crippen molar-refractivity contribution in [2.24, 2.45) is 0 Å². The van der Waals surface area contributed by atoms with Crippen LogP contribution in [0, 0.1) is 5.41 Å². The van der Waals surface area contributed by atoms with E-state index in [-0.39, 0.29) is 5.56 Å². The molecule has 0 atom stereocenters. The van der Waals surface area contributed by atoms with Gasteiger partial charge in [-0.25, -0.2) is 4.98 Å². The van der Waals surface area contributed by atoms with Crippen LogP contribution in [0.1, 0.15) is 13.8 Å². The number of nitrogens with zero attached hydrogens (tertiary/aromatic N) is 3. The molecule has 180 valence electrons. The minimum Gasteiger partial charge on any atom is -0.497 e. The summed E-state index contributed by atoms with van der Waals surface area (Å²) in [4.78, 5) is 19.8. The van der Waals surface area contributed by atoms with Crippen LogP contribution in [0.25, 0.3) is 16.6 Å². The maximum absolute atomic E-state index is 13.3. The molecule has 0 bridgehead atoms. The third-order valence-electron chi connectivity index (χ3n) is 5.31. The molecule has 1 aromatic heterocycles. The molecule has 0 saturated carbocycles. The number of hydrogen-bond donors (Lipinski definition) is 3. The minimum absolute atomic E-state index is 0.250. The monoisotopic (exact) mass is 464 g/mol. The van der Waals surface area contributed by atoms with E-state index >= 15 is 0 Å². The van der Waals surface area contributed by atoms with Crippen LogP contribution in [-0.2, 0) is 0 Å². The molecule has 1 heterocycles. The molecule has 0 unspecified atom stereocenters. The van der Waals surface area contributed by atoms with E-state index in [2.05, 4.69) is 34.4 Å². The van der Waals surface area contributed by atoms with E-state index in [1.807, 2.05) is 36.4 Å². The number of fused-ring (bicyclic) bond motifs is 1. The first-order chi connectivity index (χ1) is 16.4. The number of anilines is 2. The third-order valence-corrected chi connectivity index (χ3v) is 5.31. The molecule has 3 N–H and O–H groups in total. The smallest absolute Gasteiger partial charge is 0.265 e. The van der Waals surface area contributed by atoms with Crippen molar-refractivity contribution in [1.82, 2.24) is 20.2 Å². The Hall–Kier alpha value is -3.85. The van der Waals surface area contributed by atoms with E-state index in [0.717, 1.165) is 24.1 Å². The lowest BCUT2D eigenvalue weighted by molar-refractivity contribution is 0.394. The molecule has 0 radical (unpaired) electrons. The Balaban J connectivity index is 2.15. The van der Waals surface area contributed by atoms with Gasteiger partial charge in [0.25, 0.3) is 5.56 Å². The Bertz CT molecular complexity index is 1210. The van der Waals surface area contributed by atoms with Crippen molar-refractivity contribution in [2.75, 3.05) is 39.3 Å². The Morgan fingerprint density at radius 2 is 1.85 bits per heavy atom. The van der Waals surface area contributed by atoms with Gasteiger partial charge in [0.1, 0.15) is 17.8 Å². The number of nitrogens with one attached hydrogen (secondary N) is 3. The molecule has 3 rings (SSSR count).